The Balaban J connectivity index is 1.91. The quantitative estimate of drug-likeness (QED) is 0.824. The SMILES string of the molecule is Oc1c(F)cccc1CNN1CCCCC1. The fourth-order valence-corrected chi connectivity index (χ4v) is 1.95. The average Bonchev–Trinajstić information content (AvgIpc) is 2.32. The lowest BCUT2D eigenvalue weighted by Gasteiger charge is -2.27. The van der Waals surface area contributed by atoms with Gasteiger partial charge in [-0.05, 0) is 18.9 Å². The second kappa shape index (κ2) is 5.27. The summed E-state index contributed by atoms with van der Waals surface area (Å²) in [4.78, 5) is 0. The van der Waals surface area contributed by atoms with E-state index in [1.54, 1.807) is 12.1 Å². The molecule has 1 aromatic rings. The van der Waals surface area contributed by atoms with Crippen molar-refractivity contribution >= 4 is 0 Å². The Kier molecular flexibility index (Phi) is 3.74. The van der Waals surface area contributed by atoms with Crippen LogP contribution in [0.15, 0.2) is 18.2 Å². The Morgan fingerprint density at radius 2 is 2.00 bits per heavy atom. The molecule has 0 amide bonds. The zero-order valence-electron chi connectivity index (χ0n) is 9.25. The van der Waals surface area contributed by atoms with Gasteiger partial charge in [0.2, 0.25) is 0 Å². The molecule has 1 heterocycles. The number of piperidine rings is 1. The van der Waals surface area contributed by atoms with Crippen molar-refractivity contribution in [3.63, 3.8) is 0 Å². The molecular formula is C12H17FN2O. The summed E-state index contributed by atoms with van der Waals surface area (Å²) < 4.78 is 13.1. The number of phenols is 1. The first-order valence-corrected chi connectivity index (χ1v) is 5.72. The van der Waals surface area contributed by atoms with Crippen molar-refractivity contribution < 1.29 is 9.50 Å². The Morgan fingerprint density at radius 3 is 2.75 bits per heavy atom. The van der Waals surface area contributed by atoms with Crippen molar-refractivity contribution in [1.29, 1.82) is 0 Å². The van der Waals surface area contributed by atoms with Gasteiger partial charge in [-0.3, -0.25) is 5.43 Å². The third-order valence-corrected chi connectivity index (χ3v) is 2.92. The van der Waals surface area contributed by atoms with Crippen LogP contribution in [0.25, 0.3) is 0 Å². The molecule has 3 nitrogen and oxygen atoms in total. The molecule has 0 unspecified atom stereocenters. The third kappa shape index (κ3) is 2.71. The normalized spacial score (nSPS) is 17.6. The maximum atomic E-state index is 13.1. The highest BCUT2D eigenvalue weighted by atomic mass is 19.1. The van der Waals surface area contributed by atoms with Gasteiger partial charge in [0.25, 0.3) is 0 Å². The van der Waals surface area contributed by atoms with Crippen molar-refractivity contribution in [3.05, 3.63) is 29.6 Å². The van der Waals surface area contributed by atoms with Crippen LogP contribution in [0.2, 0.25) is 0 Å². The van der Waals surface area contributed by atoms with Crippen LogP contribution in [0.5, 0.6) is 5.75 Å². The van der Waals surface area contributed by atoms with Crippen LogP contribution in [0.1, 0.15) is 24.8 Å². The van der Waals surface area contributed by atoms with Crippen LogP contribution in [-0.4, -0.2) is 23.2 Å². The standard InChI is InChI=1S/C12H17FN2O/c13-11-6-4-5-10(12(11)16)9-14-15-7-2-1-3-8-15/h4-6,14,16H,1-3,7-9H2. The third-order valence-electron chi connectivity index (χ3n) is 2.92. The van der Waals surface area contributed by atoms with Gasteiger partial charge in [-0.25, -0.2) is 9.40 Å². The number of para-hydroxylation sites is 1. The van der Waals surface area contributed by atoms with E-state index in [2.05, 4.69) is 10.4 Å². The summed E-state index contributed by atoms with van der Waals surface area (Å²) in [6, 6.07) is 4.61. The molecule has 88 valence electrons. The molecule has 1 aliphatic heterocycles. The topological polar surface area (TPSA) is 35.5 Å². The van der Waals surface area contributed by atoms with Crippen molar-refractivity contribution in [2.24, 2.45) is 0 Å². The highest BCUT2D eigenvalue weighted by molar-refractivity contribution is 5.33. The summed E-state index contributed by atoms with van der Waals surface area (Å²) in [6.07, 6.45) is 3.67. The number of nitrogens with zero attached hydrogens (tertiary/aromatic N) is 1. The van der Waals surface area contributed by atoms with Gasteiger partial charge in [0, 0.05) is 25.2 Å². The van der Waals surface area contributed by atoms with E-state index in [9.17, 15) is 9.50 Å². The molecule has 0 saturated carbocycles. The van der Waals surface area contributed by atoms with Gasteiger partial charge in [-0.15, -0.1) is 0 Å². The maximum absolute atomic E-state index is 13.1. The van der Waals surface area contributed by atoms with Gasteiger partial charge < -0.3 is 5.11 Å². The lowest BCUT2D eigenvalue weighted by molar-refractivity contribution is 0.150. The first-order chi connectivity index (χ1) is 7.77. The van der Waals surface area contributed by atoms with Crippen molar-refractivity contribution in [3.8, 4) is 5.75 Å². The van der Waals surface area contributed by atoms with Crippen molar-refractivity contribution in [2.75, 3.05) is 13.1 Å². The van der Waals surface area contributed by atoms with Crippen molar-refractivity contribution in [1.82, 2.24) is 10.4 Å². The van der Waals surface area contributed by atoms with Crippen LogP contribution in [0.4, 0.5) is 4.39 Å². The Labute approximate surface area is 94.9 Å². The second-order valence-electron chi connectivity index (χ2n) is 4.13. The average molecular weight is 224 g/mol. The smallest absolute Gasteiger partial charge is 0.165 e. The highest BCUT2D eigenvalue weighted by Crippen LogP contribution is 2.20. The number of halogens is 1. The zero-order chi connectivity index (χ0) is 11.4. The summed E-state index contributed by atoms with van der Waals surface area (Å²) in [6.45, 7) is 2.52. The van der Waals surface area contributed by atoms with Crippen LogP contribution in [0.3, 0.4) is 0 Å². The molecular weight excluding hydrogens is 207 g/mol. The largest absolute Gasteiger partial charge is 0.505 e. The van der Waals surface area contributed by atoms with E-state index < -0.39 is 5.82 Å². The summed E-state index contributed by atoms with van der Waals surface area (Å²) in [5.41, 5.74) is 3.81. The molecule has 2 rings (SSSR count). The molecule has 0 bridgehead atoms. The second-order valence-corrected chi connectivity index (χ2v) is 4.13. The van der Waals surface area contributed by atoms with Gasteiger partial charge in [0.1, 0.15) is 0 Å². The van der Waals surface area contributed by atoms with Gasteiger partial charge >= 0.3 is 0 Å². The first-order valence-electron chi connectivity index (χ1n) is 5.72. The van der Waals surface area contributed by atoms with E-state index in [1.165, 1.54) is 25.3 Å². The molecule has 1 saturated heterocycles. The Morgan fingerprint density at radius 1 is 1.25 bits per heavy atom. The fraction of sp³-hybridized carbons (Fsp3) is 0.500. The Bertz CT molecular complexity index is 351. The minimum absolute atomic E-state index is 0.244. The van der Waals surface area contributed by atoms with E-state index in [0.29, 0.717) is 12.1 Å². The molecule has 0 radical (unpaired) electrons. The summed E-state index contributed by atoms with van der Waals surface area (Å²) in [5, 5.41) is 11.6. The predicted octanol–water partition coefficient (Wildman–Crippen LogP) is 2.02. The van der Waals surface area contributed by atoms with Gasteiger partial charge in [-0.2, -0.15) is 0 Å². The predicted molar refractivity (Wildman–Crippen MR) is 60.3 cm³/mol. The monoisotopic (exact) mass is 224 g/mol. The fourth-order valence-electron chi connectivity index (χ4n) is 1.95. The summed E-state index contributed by atoms with van der Waals surface area (Å²) in [7, 11) is 0. The van der Waals surface area contributed by atoms with Crippen LogP contribution in [-0.2, 0) is 6.54 Å². The molecule has 4 heteroatoms. The van der Waals surface area contributed by atoms with E-state index >= 15 is 0 Å². The lowest BCUT2D eigenvalue weighted by atomic mass is 10.1. The number of hydrazine groups is 1. The molecule has 0 aliphatic carbocycles. The zero-order valence-corrected chi connectivity index (χ0v) is 9.25. The number of hydrogen-bond acceptors (Lipinski definition) is 3. The van der Waals surface area contributed by atoms with Crippen LogP contribution in [0, 0.1) is 5.82 Å². The lowest BCUT2D eigenvalue weighted by Crippen LogP contribution is -2.41. The minimum Gasteiger partial charge on any atom is -0.505 e. The molecule has 0 aromatic heterocycles. The molecule has 1 aliphatic rings. The minimum atomic E-state index is -0.557. The van der Waals surface area contributed by atoms with Gasteiger partial charge in [0.05, 0.1) is 0 Å². The van der Waals surface area contributed by atoms with Gasteiger partial charge in [-0.1, -0.05) is 18.6 Å². The van der Waals surface area contributed by atoms with E-state index in [-0.39, 0.29) is 5.75 Å². The molecule has 1 fully saturated rings. The van der Waals surface area contributed by atoms with Crippen LogP contribution >= 0.6 is 0 Å². The highest BCUT2D eigenvalue weighted by Gasteiger charge is 2.11. The molecule has 0 atom stereocenters. The number of rotatable bonds is 3. The summed E-state index contributed by atoms with van der Waals surface area (Å²) in [5.74, 6) is -0.801. The number of hydrogen-bond donors (Lipinski definition) is 2. The molecule has 0 spiro atoms. The van der Waals surface area contributed by atoms with E-state index in [1.807, 2.05) is 0 Å². The number of benzene rings is 1. The van der Waals surface area contributed by atoms with Gasteiger partial charge in [0.15, 0.2) is 11.6 Å². The molecule has 16 heavy (non-hydrogen) atoms. The van der Waals surface area contributed by atoms with Crippen LogP contribution < -0.4 is 5.43 Å². The maximum Gasteiger partial charge on any atom is 0.165 e. The van der Waals surface area contributed by atoms with E-state index in [4.69, 9.17) is 0 Å². The summed E-state index contributed by atoms with van der Waals surface area (Å²) >= 11 is 0. The number of aromatic hydroxyl groups is 1. The van der Waals surface area contributed by atoms with Crippen molar-refractivity contribution in [2.45, 2.75) is 25.8 Å². The van der Waals surface area contributed by atoms with E-state index in [0.717, 1.165) is 13.1 Å². The first kappa shape index (κ1) is 11.4. The number of nitrogens with one attached hydrogen (secondary N) is 1. The molecule has 1 aromatic carbocycles. The number of phenolic OH excluding ortho intramolecular Hbond substituents is 1. The Hall–Kier alpha value is -1.13. The molecule has 2 N–H and O–H groups in total.